The fraction of sp³-hybridized carbons (Fsp3) is 0.643. The summed E-state index contributed by atoms with van der Waals surface area (Å²) in [6.07, 6.45) is 6.37. The Kier molecular flexibility index (Phi) is 4.96. The highest BCUT2D eigenvalue weighted by Gasteiger charge is 2.21. The zero-order chi connectivity index (χ0) is 12.8. The number of pyridine rings is 1. The molecule has 1 aromatic rings. The normalized spacial score (nSPS) is 20.1. The first-order chi connectivity index (χ1) is 8.85. The summed E-state index contributed by atoms with van der Waals surface area (Å²) in [7, 11) is 3.76. The lowest BCUT2D eigenvalue weighted by atomic mass is 9.98. The molecule has 0 aromatic carbocycles. The first-order valence-electron chi connectivity index (χ1n) is 6.66. The smallest absolute Gasteiger partial charge is 0.0507 e. The average molecular weight is 249 g/mol. The number of anilines is 1. The van der Waals surface area contributed by atoms with E-state index in [1.165, 1.54) is 24.1 Å². The van der Waals surface area contributed by atoms with E-state index in [1.54, 1.807) is 7.11 Å². The first kappa shape index (κ1) is 13.3. The Hall–Kier alpha value is -1.13. The number of methoxy groups -OCH3 is 1. The quantitative estimate of drug-likeness (QED) is 0.861. The van der Waals surface area contributed by atoms with Gasteiger partial charge in [0.1, 0.15) is 0 Å². The van der Waals surface area contributed by atoms with Crippen LogP contribution in [0.2, 0.25) is 0 Å². The maximum absolute atomic E-state index is 5.29. The number of rotatable bonds is 5. The zero-order valence-corrected chi connectivity index (χ0v) is 11.4. The molecular weight excluding hydrogens is 226 g/mol. The van der Waals surface area contributed by atoms with Gasteiger partial charge in [-0.15, -0.1) is 0 Å². The summed E-state index contributed by atoms with van der Waals surface area (Å²) >= 11 is 0. The summed E-state index contributed by atoms with van der Waals surface area (Å²) < 4.78 is 5.29. The molecule has 1 N–H and O–H groups in total. The van der Waals surface area contributed by atoms with Crippen LogP contribution in [0.4, 0.5) is 5.69 Å². The number of ether oxygens (including phenoxy) is 1. The molecule has 1 saturated heterocycles. The zero-order valence-electron chi connectivity index (χ0n) is 11.4. The molecule has 0 radical (unpaired) electrons. The molecule has 1 aromatic heterocycles. The van der Waals surface area contributed by atoms with Crippen molar-refractivity contribution in [1.82, 2.24) is 10.3 Å². The molecule has 1 aliphatic heterocycles. The molecule has 0 bridgehead atoms. The lowest BCUT2D eigenvalue weighted by Crippen LogP contribution is -2.37. The average Bonchev–Trinajstić information content (AvgIpc) is 2.40. The Morgan fingerprint density at radius 2 is 2.44 bits per heavy atom. The van der Waals surface area contributed by atoms with Crippen molar-refractivity contribution in [3.05, 3.63) is 24.0 Å². The third-order valence-electron chi connectivity index (χ3n) is 3.51. The van der Waals surface area contributed by atoms with E-state index < -0.39 is 0 Å². The van der Waals surface area contributed by atoms with Crippen molar-refractivity contribution in [2.45, 2.75) is 19.4 Å². The number of piperidine rings is 1. The lowest BCUT2D eigenvalue weighted by Gasteiger charge is -2.35. The molecule has 1 aliphatic rings. The highest BCUT2D eigenvalue weighted by atomic mass is 16.5. The molecule has 4 heteroatoms. The summed E-state index contributed by atoms with van der Waals surface area (Å²) in [5.41, 5.74) is 2.60. The second kappa shape index (κ2) is 6.71. The minimum Gasteiger partial charge on any atom is -0.384 e. The van der Waals surface area contributed by atoms with Crippen LogP contribution < -0.4 is 10.2 Å². The van der Waals surface area contributed by atoms with Gasteiger partial charge in [-0.25, -0.2) is 0 Å². The predicted molar refractivity (Wildman–Crippen MR) is 73.8 cm³/mol. The first-order valence-corrected chi connectivity index (χ1v) is 6.66. The van der Waals surface area contributed by atoms with Gasteiger partial charge in [0.05, 0.1) is 6.61 Å². The van der Waals surface area contributed by atoms with Crippen LogP contribution in [0.1, 0.15) is 18.4 Å². The van der Waals surface area contributed by atoms with E-state index in [2.05, 4.69) is 21.3 Å². The molecule has 0 amide bonds. The molecular formula is C14H23N3O. The number of hydrogen-bond acceptors (Lipinski definition) is 4. The Balaban J connectivity index is 2.10. The highest BCUT2D eigenvalue weighted by molar-refractivity contribution is 5.52. The van der Waals surface area contributed by atoms with Crippen molar-refractivity contribution in [2.24, 2.45) is 5.92 Å². The van der Waals surface area contributed by atoms with Gasteiger partial charge in [0.25, 0.3) is 0 Å². The van der Waals surface area contributed by atoms with Crippen LogP contribution >= 0.6 is 0 Å². The number of nitrogens with one attached hydrogen (secondary N) is 1. The highest BCUT2D eigenvalue weighted by Crippen LogP contribution is 2.25. The summed E-state index contributed by atoms with van der Waals surface area (Å²) in [6.45, 7) is 3.97. The molecule has 0 saturated carbocycles. The fourth-order valence-corrected chi connectivity index (χ4v) is 2.71. The van der Waals surface area contributed by atoms with Crippen molar-refractivity contribution in [3.63, 3.8) is 0 Å². The van der Waals surface area contributed by atoms with Gasteiger partial charge >= 0.3 is 0 Å². The second-order valence-electron chi connectivity index (χ2n) is 4.94. The van der Waals surface area contributed by atoms with E-state index in [9.17, 15) is 0 Å². The third-order valence-corrected chi connectivity index (χ3v) is 3.51. The van der Waals surface area contributed by atoms with Gasteiger partial charge < -0.3 is 15.0 Å². The van der Waals surface area contributed by atoms with Gasteiger partial charge in [0.2, 0.25) is 0 Å². The summed E-state index contributed by atoms with van der Waals surface area (Å²) in [5.74, 6) is 0.652. The van der Waals surface area contributed by atoms with Crippen LogP contribution in [0.5, 0.6) is 0 Å². The minimum absolute atomic E-state index is 0.652. The van der Waals surface area contributed by atoms with Crippen molar-refractivity contribution < 1.29 is 4.74 Å². The summed E-state index contributed by atoms with van der Waals surface area (Å²) in [4.78, 5) is 6.70. The lowest BCUT2D eigenvalue weighted by molar-refractivity contribution is 0.143. The topological polar surface area (TPSA) is 37.4 Å². The number of nitrogens with zero attached hydrogens (tertiary/aromatic N) is 2. The minimum atomic E-state index is 0.652. The van der Waals surface area contributed by atoms with Gasteiger partial charge in [-0.2, -0.15) is 0 Å². The van der Waals surface area contributed by atoms with Gasteiger partial charge in [-0.05, 0) is 31.9 Å². The van der Waals surface area contributed by atoms with Gasteiger partial charge in [-0.1, -0.05) is 0 Å². The molecule has 100 valence electrons. The van der Waals surface area contributed by atoms with Crippen LogP contribution in [-0.2, 0) is 11.3 Å². The van der Waals surface area contributed by atoms with Gasteiger partial charge in [0, 0.05) is 50.4 Å². The second-order valence-corrected chi connectivity index (χ2v) is 4.94. The van der Waals surface area contributed by atoms with Crippen molar-refractivity contribution in [2.75, 3.05) is 38.8 Å². The Morgan fingerprint density at radius 3 is 3.22 bits per heavy atom. The molecule has 1 fully saturated rings. The fourth-order valence-electron chi connectivity index (χ4n) is 2.71. The number of hydrogen-bond donors (Lipinski definition) is 1. The number of aromatic nitrogens is 1. The van der Waals surface area contributed by atoms with E-state index in [0.717, 1.165) is 26.2 Å². The maximum Gasteiger partial charge on any atom is 0.0507 e. The Bertz CT molecular complexity index is 368. The van der Waals surface area contributed by atoms with Gasteiger partial charge in [-0.3, -0.25) is 4.98 Å². The standard InChI is InChI=1S/C14H23N3O/c1-15-8-13-9-16-6-5-14(13)17-7-3-4-12(10-17)11-18-2/h5-6,9,12,15H,3-4,7-8,10-11H2,1-2H3. The van der Waals surface area contributed by atoms with Crippen LogP contribution in [0.15, 0.2) is 18.5 Å². The SMILES string of the molecule is CNCc1cnccc1N1CCCC(COC)C1. The van der Waals surface area contributed by atoms with Crippen molar-refractivity contribution >= 4 is 5.69 Å². The molecule has 18 heavy (non-hydrogen) atoms. The largest absolute Gasteiger partial charge is 0.384 e. The van der Waals surface area contributed by atoms with E-state index in [4.69, 9.17) is 4.74 Å². The Morgan fingerprint density at radius 1 is 1.56 bits per heavy atom. The van der Waals surface area contributed by atoms with E-state index >= 15 is 0 Å². The van der Waals surface area contributed by atoms with Crippen LogP contribution in [-0.4, -0.2) is 38.8 Å². The molecule has 0 spiro atoms. The summed E-state index contributed by atoms with van der Waals surface area (Å²) in [6, 6.07) is 2.13. The van der Waals surface area contributed by atoms with E-state index in [0.29, 0.717) is 5.92 Å². The Labute approximate surface area is 109 Å². The molecule has 2 rings (SSSR count). The molecule has 1 atom stereocenters. The monoisotopic (exact) mass is 249 g/mol. The molecule has 4 nitrogen and oxygen atoms in total. The van der Waals surface area contributed by atoms with Crippen LogP contribution in [0, 0.1) is 5.92 Å². The van der Waals surface area contributed by atoms with Crippen LogP contribution in [0.3, 0.4) is 0 Å². The molecule has 1 unspecified atom stereocenters. The third kappa shape index (κ3) is 3.21. The summed E-state index contributed by atoms with van der Waals surface area (Å²) in [5, 5.41) is 3.21. The van der Waals surface area contributed by atoms with Crippen molar-refractivity contribution in [3.8, 4) is 0 Å². The molecule has 2 heterocycles. The van der Waals surface area contributed by atoms with E-state index in [-0.39, 0.29) is 0 Å². The van der Waals surface area contributed by atoms with Gasteiger partial charge in [0.15, 0.2) is 0 Å². The maximum atomic E-state index is 5.29. The molecule has 0 aliphatic carbocycles. The van der Waals surface area contributed by atoms with E-state index in [1.807, 2.05) is 19.4 Å². The van der Waals surface area contributed by atoms with Crippen LogP contribution in [0.25, 0.3) is 0 Å². The predicted octanol–water partition coefficient (Wildman–Crippen LogP) is 1.66. The van der Waals surface area contributed by atoms with Crippen molar-refractivity contribution in [1.29, 1.82) is 0 Å².